The third-order valence-electron chi connectivity index (χ3n) is 2.83. The standard InChI is InChI=1S/C13H8FN3O4/c14-8-6-7(17(18)19)4-5-9(8)20-10-2-1-3-11-12(10)13(15)16-21-11/h1-6H,(H2,15,16). The number of ether oxygens (including phenoxy) is 1. The number of nitrogens with zero attached hydrogens (tertiary/aromatic N) is 2. The summed E-state index contributed by atoms with van der Waals surface area (Å²) >= 11 is 0. The lowest BCUT2D eigenvalue weighted by molar-refractivity contribution is -0.385. The molecule has 0 atom stereocenters. The fourth-order valence-electron chi connectivity index (χ4n) is 1.87. The van der Waals surface area contributed by atoms with E-state index in [9.17, 15) is 14.5 Å². The van der Waals surface area contributed by atoms with Gasteiger partial charge >= 0.3 is 0 Å². The Kier molecular flexibility index (Phi) is 2.90. The molecule has 0 bridgehead atoms. The SMILES string of the molecule is Nc1noc2cccc(Oc3ccc([N+](=O)[O-])cc3F)c12. The van der Waals surface area contributed by atoms with Gasteiger partial charge in [-0.15, -0.1) is 0 Å². The van der Waals surface area contributed by atoms with E-state index in [4.69, 9.17) is 15.0 Å². The Bertz CT molecular complexity index is 847. The van der Waals surface area contributed by atoms with Crippen molar-refractivity contribution < 1.29 is 18.6 Å². The van der Waals surface area contributed by atoms with Crippen molar-refractivity contribution >= 4 is 22.5 Å². The normalized spacial score (nSPS) is 10.7. The minimum absolute atomic E-state index is 0.114. The highest BCUT2D eigenvalue weighted by atomic mass is 19.1. The average molecular weight is 289 g/mol. The van der Waals surface area contributed by atoms with Gasteiger partial charge in [0.2, 0.25) is 0 Å². The first kappa shape index (κ1) is 12.9. The maximum absolute atomic E-state index is 13.8. The molecule has 0 fully saturated rings. The molecule has 0 amide bonds. The zero-order chi connectivity index (χ0) is 15.0. The number of rotatable bonds is 3. The van der Waals surface area contributed by atoms with Crippen molar-refractivity contribution in [3.63, 3.8) is 0 Å². The average Bonchev–Trinajstić information content (AvgIpc) is 2.83. The van der Waals surface area contributed by atoms with E-state index in [1.807, 2.05) is 0 Å². The number of halogens is 1. The van der Waals surface area contributed by atoms with Gasteiger partial charge in [0.05, 0.1) is 11.0 Å². The first-order chi connectivity index (χ1) is 10.1. The number of hydrogen-bond acceptors (Lipinski definition) is 6. The lowest BCUT2D eigenvalue weighted by Gasteiger charge is -2.07. The number of anilines is 1. The van der Waals surface area contributed by atoms with Crippen LogP contribution in [-0.4, -0.2) is 10.1 Å². The van der Waals surface area contributed by atoms with Gasteiger partial charge < -0.3 is 15.0 Å². The van der Waals surface area contributed by atoms with Gasteiger partial charge in [0.25, 0.3) is 5.69 Å². The van der Waals surface area contributed by atoms with Crippen molar-refractivity contribution in [2.45, 2.75) is 0 Å². The molecule has 2 aromatic carbocycles. The minimum Gasteiger partial charge on any atom is -0.453 e. The largest absolute Gasteiger partial charge is 0.453 e. The first-order valence-electron chi connectivity index (χ1n) is 5.82. The first-order valence-corrected chi connectivity index (χ1v) is 5.82. The molecular formula is C13H8FN3O4. The number of benzene rings is 2. The van der Waals surface area contributed by atoms with Gasteiger partial charge in [0.15, 0.2) is 23.0 Å². The summed E-state index contributed by atoms with van der Waals surface area (Å²) < 4.78 is 24.2. The van der Waals surface area contributed by atoms with E-state index in [1.165, 1.54) is 6.07 Å². The lowest BCUT2D eigenvalue weighted by Crippen LogP contribution is -1.93. The molecule has 0 aliphatic carbocycles. The molecule has 0 radical (unpaired) electrons. The van der Waals surface area contributed by atoms with Gasteiger partial charge in [-0.3, -0.25) is 10.1 Å². The molecular weight excluding hydrogens is 281 g/mol. The highest BCUT2D eigenvalue weighted by molar-refractivity contribution is 5.92. The van der Waals surface area contributed by atoms with Crippen LogP contribution in [0.25, 0.3) is 11.0 Å². The van der Waals surface area contributed by atoms with E-state index in [2.05, 4.69) is 5.16 Å². The van der Waals surface area contributed by atoms with Crippen molar-refractivity contribution in [3.05, 3.63) is 52.3 Å². The Labute approximate surface area is 116 Å². The Hall–Kier alpha value is -3.16. The van der Waals surface area contributed by atoms with Crippen LogP contribution in [0.5, 0.6) is 11.5 Å². The summed E-state index contributed by atoms with van der Waals surface area (Å²) in [6.45, 7) is 0. The maximum Gasteiger partial charge on any atom is 0.272 e. The van der Waals surface area contributed by atoms with Crippen molar-refractivity contribution in [3.8, 4) is 11.5 Å². The van der Waals surface area contributed by atoms with Gasteiger partial charge in [-0.2, -0.15) is 0 Å². The second-order valence-electron chi connectivity index (χ2n) is 4.17. The summed E-state index contributed by atoms with van der Waals surface area (Å²) in [5.74, 6) is -0.646. The topological polar surface area (TPSA) is 104 Å². The van der Waals surface area contributed by atoms with Gasteiger partial charge in [-0.1, -0.05) is 11.2 Å². The Morgan fingerprint density at radius 3 is 2.81 bits per heavy atom. The molecule has 0 saturated carbocycles. The van der Waals surface area contributed by atoms with Crippen LogP contribution in [0.3, 0.4) is 0 Å². The highest BCUT2D eigenvalue weighted by Gasteiger charge is 2.16. The molecule has 21 heavy (non-hydrogen) atoms. The number of hydrogen-bond donors (Lipinski definition) is 1. The molecule has 0 aliphatic heterocycles. The summed E-state index contributed by atoms with van der Waals surface area (Å²) in [6, 6.07) is 7.94. The molecule has 1 aromatic heterocycles. The Morgan fingerprint density at radius 2 is 2.10 bits per heavy atom. The quantitative estimate of drug-likeness (QED) is 0.586. The number of nitro benzene ring substituents is 1. The van der Waals surface area contributed by atoms with Crippen LogP contribution < -0.4 is 10.5 Å². The van der Waals surface area contributed by atoms with Crippen LogP contribution in [-0.2, 0) is 0 Å². The summed E-state index contributed by atoms with van der Waals surface area (Å²) in [7, 11) is 0. The highest BCUT2D eigenvalue weighted by Crippen LogP contribution is 2.35. The molecule has 1 heterocycles. The van der Waals surface area contributed by atoms with Gasteiger partial charge in [-0.25, -0.2) is 4.39 Å². The van der Waals surface area contributed by atoms with E-state index < -0.39 is 10.7 Å². The molecule has 0 unspecified atom stereocenters. The molecule has 106 valence electrons. The predicted molar refractivity (Wildman–Crippen MR) is 71.5 cm³/mol. The van der Waals surface area contributed by atoms with Crippen LogP contribution in [0.2, 0.25) is 0 Å². The number of aromatic nitrogens is 1. The molecule has 7 nitrogen and oxygen atoms in total. The summed E-state index contributed by atoms with van der Waals surface area (Å²) in [6.07, 6.45) is 0. The third-order valence-corrected chi connectivity index (χ3v) is 2.83. The summed E-state index contributed by atoms with van der Waals surface area (Å²) in [5.41, 5.74) is 5.70. The van der Waals surface area contributed by atoms with Crippen LogP contribution in [0, 0.1) is 15.9 Å². The maximum atomic E-state index is 13.8. The van der Waals surface area contributed by atoms with Gasteiger partial charge in [-0.05, 0) is 18.2 Å². The molecule has 8 heteroatoms. The van der Waals surface area contributed by atoms with Gasteiger partial charge in [0.1, 0.15) is 11.1 Å². The Balaban J connectivity index is 2.03. The molecule has 0 spiro atoms. The predicted octanol–water partition coefficient (Wildman–Crippen LogP) is 3.25. The van der Waals surface area contributed by atoms with E-state index in [0.29, 0.717) is 11.0 Å². The minimum atomic E-state index is -0.851. The van der Waals surface area contributed by atoms with E-state index >= 15 is 0 Å². The third kappa shape index (κ3) is 2.22. The Morgan fingerprint density at radius 1 is 1.29 bits per heavy atom. The molecule has 3 aromatic rings. The van der Waals surface area contributed by atoms with Gasteiger partial charge in [0, 0.05) is 6.07 Å². The number of nitrogens with two attached hydrogens (primary N) is 1. The smallest absolute Gasteiger partial charge is 0.272 e. The van der Waals surface area contributed by atoms with Crippen molar-refractivity contribution in [1.82, 2.24) is 5.16 Å². The number of nitrogen functional groups attached to an aromatic ring is 1. The molecule has 2 N–H and O–H groups in total. The van der Waals surface area contributed by atoms with Crippen LogP contribution in [0.1, 0.15) is 0 Å². The molecule has 3 rings (SSSR count). The summed E-state index contributed by atoms with van der Waals surface area (Å²) in [5, 5.41) is 14.6. The zero-order valence-electron chi connectivity index (χ0n) is 10.4. The number of fused-ring (bicyclic) bond motifs is 1. The van der Waals surface area contributed by atoms with E-state index in [-0.39, 0.29) is 23.0 Å². The molecule has 0 saturated heterocycles. The second-order valence-corrected chi connectivity index (χ2v) is 4.17. The lowest BCUT2D eigenvalue weighted by atomic mass is 10.2. The fourth-order valence-corrected chi connectivity index (χ4v) is 1.87. The summed E-state index contributed by atoms with van der Waals surface area (Å²) in [4.78, 5) is 9.88. The molecule has 0 aliphatic rings. The van der Waals surface area contributed by atoms with Crippen LogP contribution in [0.15, 0.2) is 40.9 Å². The van der Waals surface area contributed by atoms with E-state index in [1.54, 1.807) is 18.2 Å². The van der Waals surface area contributed by atoms with Crippen LogP contribution in [0.4, 0.5) is 15.9 Å². The zero-order valence-corrected chi connectivity index (χ0v) is 10.4. The number of nitro groups is 1. The number of non-ortho nitro benzene ring substituents is 1. The monoisotopic (exact) mass is 289 g/mol. The van der Waals surface area contributed by atoms with E-state index in [0.717, 1.165) is 12.1 Å². The second kappa shape index (κ2) is 4.75. The fraction of sp³-hybridized carbons (Fsp3) is 0. The van der Waals surface area contributed by atoms with Crippen molar-refractivity contribution in [1.29, 1.82) is 0 Å². The van der Waals surface area contributed by atoms with Crippen molar-refractivity contribution in [2.75, 3.05) is 5.73 Å². The van der Waals surface area contributed by atoms with Crippen molar-refractivity contribution in [2.24, 2.45) is 0 Å². The van der Waals surface area contributed by atoms with Crippen LogP contribution >= 0.6 is 0 Å².